The maximum atomic E-state index is 12.3. The number of aromatic nitrogens is 4. The van der Waals surface area contributed by atoms with Crippen LogP contribution < -0.4 is 10.1 Å². The number of anilines is 1. The number of carbonyl (C=O) groups excluding carboxylic acids is 1. The first-order valence-corrected chi connectivity index (χ1v) is 6.54. The summed E-state index contributed by atoms with van der Waals surface area (Å²) in [7, 11) is 1.52. The van der Waals surface area contributed by atoms with Crippen molar-refractivity contribution in [1.29, 1.82) is 0 Å². The first kappa shape index (κ1) is 13.7. The maximum Gasteiger partial charge on any atom is 0.257 e. The summed E-state index contributed by atoms with van der Waals surface area (Å²) in [5, 5.41) is 6.93. The standard InChI is InChI=1S/C15H13N5O2/c1-22-13-6-5-11(10-17-13)15(21)19-12-4-2-7-16-14(12)20-9-3-8-18-20/h2-10H,1H3,(H,19,21). The lowest BCUT2D eigenvalue weighted by molar-refractivity contribution is 0.102. The maximum absolute atomic E-state index is 12.3. The van der Waals surface area contributed by atoms with Crippen molar-refractivity contribution in [3.63, 3.8) is 0 Å². The molecule has 3 heterocycles. The van der Waals surface area contributed by atoms with E-state index in [9.17, 15) is 4.79 Å². The van der Waals surface area contributed by atoms with E-state index in [0.29, 0.717) is 22.9 Å². The number of carbonyl (C=O) groups is 1. The lowest BCUT2D eigenvalue weighted by atomic mass is 10.2. The molecular weight excluding hydrogens is 282 g/mol. The lowest BCUT2D eigenvalue weighted by Crippen LogP contribution is -2.15. The number of pyridine rings is 2. The third-order valence-corrected chi connectivity index (χ3v) is 2.96. The van der Waals surface area contributed by atoms with Crippen LogP contribution in [0.25, 0.3) is 5.82 Å². The zero-order valence-corrected chi connectivity index (χ0v) is 11.8. The van der Waals surface area contributed by atoms with E-state index in [1.807, 2.05) is 0 Å². The smallest absolute Gasteiger partial charge is 0.257 e. The molecule has 7 heteroatoms. The van der Waals surface area contributed by atoms with Gasteiger partial charge in [0.1, 0.15) is 0 Å². The van der Waals surface area contributed by atoms with Gasteiger partial charge < -0.3 is 10.1 Å². The molecule has 7 nitrogen and oxygen atoms in total. The van der Waals surface area contributed by atoms with Crippen molar-refractivity contribution in [2.24, 2.45) is 0 Å². The summed E-state index contributed by atoms with van der Waals surface area (Å²) in [6.07, 6.45) is 6.50. The molecule has 0 aliphatic carbocycles. The highest BCUT2D eigenvalue weighted by Crippen LogP contribution is 2.17. The molecule has 0 radical (unpaired) electrons. The average molecular weight is 295 g/mol. The first-order chi connectivity index (χ1) is 10.8. The van der Waals surface area contributed by atoms with E-state index in [1.54, 1.807) is 53.6 Å². The van der Waals surface area contributed by atoms with Crippen LogP contribution in [-0.2, 0) is 0 Å². The molecule has 0 saturated heterocycles. The average Bonchev–Trinajstić information content (AvgIpc) is 3.10. The first-order valence-electron chi connectivity index (χ1n) is 6.54. The van der Waals surface area contributed by atoms with Gasteiger partial charge in [0.05, 0.1) is 18.4 Å². The summed E-state index contributed by atoms with van der Waals surface area (Å²) in [4.78, 5) is 20.5. The van der Waals surface area contributed by atoms with E-state index >= 15 is 0 Å². The number of nitrogens with zero attached hydrogens (tertiary/aromatic N) is 4. The molecule has 3 rings (SSSR count). The van der Waals surface area contributed by atoms with E-state index < -0.39 is 0 Å². The summed E-state index contributed by atoms with van der Waals surface area (Å²) in [5.74, 6) is 0.717. The van der Waals surface area contributed by atoms with Crippen LogP contribution in [0.2, 0.25) is 0 Å². The van der Waals surface area contributed by atoms with Crippen LogP contribution in [0, 0.1) is 0 Å². The third-order valence-electron chi connectivity index (χ3n) is 2.96. The summed E-state index contributed by atoms with van der Waals surface area (Å²) >= 11 is 0. The number of methoxy groups -OCH3 is 1. The van der Waals surface area contributed by atoms with Crippen molar-refractivity contribution in [2.45, 2.75) is 0 Å². The Labute approximate surface area is 126 Å². The van der Waals surface area contributed by atoms with Crippen LogP contribution in [0.1, 0.15) is 10.4 Å². The Morgan fingerprint density at radius 2 is 2.09 bits per heavy atom. The van der Waals surface area contributed by atoms with Gasteiger partial charge in [0.2, 0.25) is 5.88 Å². The van der Waals surface area contributed by atoms with Crippen molar-refractivity contribution in [3.05, 3.63) is 60.7 Å². The second-order valence-electron chi connectivity index (χ2n) is 4.37. The monoisotopic (exact) mass is 295 g/mol. The molecule has 0 aromatic carbocycles. The Balaban J connectivity index is 1.85. The molecule has 0 unspecified atom stereocenters. The Bertz CT molecular complexity index is 769. The van der Waals surface area contributed by atoms with Crippen molar-refractivity contribution in [1.82, 2.24) is 19.7 Å². The highest BCUT2D eigenvalue weighted by atomic mass is 16.5. The second-order valence-corrected chi connectivity index (χ2v) is 4.37. The van der Waals surface area contributed by atoms with Crippen molar-refractivity contribution >= 4 is 11.6 Å². The quantitative estimate of drug-likeness (QED) is 0.795. The number of amides is 1. The molecule has 0 fully saturated rings. The van der Waals surface area contributed by atoms with Gasteiger partial charge >= 0.3 is 0 Å². The van der Waals surface area contributed by atoms with Crippen LogP contribution in [0.5, 0.6) is 5.88 Å². The Kier molecular flexibility index (Phi) is 3.78. The van der Waals surface area contributed by atoms with Gasteiger partial charge in [-0.3, -0.25) is 4.79 Å². The number of hydrogen-bond acceptors (Lipinski definition) is 5. The van der Waals surface area contributed by atoms with Gasteiger partial charge in [-0.2, -0.15) is 5.10 Å². The number of nitrogens with one attached hydrogen (secondary N) is 1. The zero-order valence-electron chi connectivity index (χ0n) is 11.8. The van der Waals surface area contributed by atoms with Crippen molar-refractivity contribution in [2.75, 3.05) is 12.4 Å². The summed E-state index contributed by atoms with van der Waals surface area (Å²) < 4.78 is 6.56. The highest BCUT2D eigenvalue weighted by molar-refractivity contribution is 6.04. The van der Waals surface area contributed by atoms with Gasteiger partial charge in [-0.1, -0.05) is 0 Å². The molecule has 0 spiro atoms. The van der Waals surface area contributed by atoms with Gasteiger partial charge in [-0.05, 0) is 24.3 Å². The molecule has 3 aromatic rings. The van der Waals surface area contributed by atoms with Crippen LogP contribution in [0.3, 0.4) is 0 Å². The zero-order chi connectivity index (χ0) is 15.4. The Morgan fingerprint density at radius 3 is 2.77 bits per heavy atom. The van der Waals surface area contributed by atoms with Crippen molar-refractivity contribution in [3.8, 4) is 11.7 Å². The summed E-state index contributed by atoms with van der Waals surface area (Å²) in [6, 6.07) is 8.57. The predicted molar refractivity (Wildman–Crippen MR) is 80.1 cm³/mol. The van der Waals surface area contributed by atoms with Gasteiger partial charge in [-0.25, -0.2) is 14.6 Å². The molecule has 0 aliphatic rings. The molecule has 1 amide bonds. The van der Waals surface area contributed by atoms with Crippen LogP contribution in [0.4, 0.5) is 5.69 Å². The van der Waals surface area contributed by atoms with Crippen LogP contribution in [0.15, 0.2) is 55.1 Å². The molecule has 0 aliphatic heterocycles. The van der Waals surface area contributed by atoms with Gasteiger partial charge in [0.15, 0.2) is 5.82 Å². The normalized spacial score (nSPS) is 10.2. The van der Waals surface area contributed by atoms with Gasteiger partial charge in [0, 0.05) is 30.9 Å². The molecule has 0 atom stereocenters. The lowest BCUT2D eigenvalue weighted by Gasteiger charge is -2.10. The third kappa shape index (κ3) is 2.78. The van der Waals surface area contributed by atoms with E-state index in [-0.39, 0.29) is 5.91 Å². The van der Waals surface area contributed by atoms with E-state index in [1.165, 1.54) is 13.3 Å². The van der Waals surface area contributed by atoms with Crippen molar-refractivity contribution < 1.29 is 9.53 Å². The largest absolute Gasteiger partial charge is 0.481 e. The fraction of sp³-hybridized carbons (Fsp3) is 0.0667. The number of ether oxygens (including phenoxy) is 1. The van der Waals surface area contributed by atoms with E-state index in [0.717, 1.165) is 0 Å². The minimum atomic E-state index is -0.281. The molecule has 0 saturated carbocycles. The summed E-state index contributed by atoms with van der Waals surface area (Å²) in [5.41, 5.74) is 0.989. The number of hydrogen-bond donors (Lipinski definition) is 1. The molecule has 3 aromatic heterocycles. The Morgan fingerprint density at radius 1 is 1.18 bits per heavy atom. The fourth-order valence-corrected chi connectivity index (χ4v) is 1.90. The molecule has 22 heavy (non-hydrogen) atoms. The van der Waals surface area contributed by atoms with E-state index in [2.05, 4.69) is 20.4 Å². The minimum absolute atomic E-state index is 0.281. The Hall–Kier alpha value is -3.22. The minimum Gasteiger partial charge on any atom is -0.481 e. The molecule has 1 N–H and O–H groups in total. The van der Waals surface area contributed by atoms with Gasteiger partial charge in [0.25, 0.3) is 5.91 Å². The number of rotatable bonds is 4. The van der Waals surface area contributed by atoms with Gasteiger partial charge in [-0.15, -0.1) is 0 Å². The SMILES string of the molecule is COc1ccc(C(=O)Nc2cccnc2-n2cccn2)cn1. The summed E-state index contributed by atoms with van der Waals surface area (Å²) in [6.45, 7) is 0. The highest BCUT2D eigenvalue weighted by Gasteiger charge is 2.11. The second kappa shape index (κ2) is 6.04. The molecular formula is C15H13N5O2. The van der Waals surface area contributed by atoms with E-state index in [4.69, 9.17) is 4.74 Å². The predicted octanol–water partition coefficient (Wildman–Crippen LogP) is 1.92. The topological polar surface area (TPSA) is 81.9 Å². The fourth-order valence-electron chi connectivity index (χ4n) is 1.90. The van der Waals surface area contributed by atoms with Crippen LogP contribution >= 0.6 is 0 Å². The molecule has 0 bridgehead atoms. The van der Waals surface area contributed by atoms with Crippen LogP contribution in [-0.4, -0.2) is 32.8 Å². The molecule has 110 valence electrons.